The van der Waals surface area contributed by atoms with Crippen molar-refractivity contribution < 1.29 is 18.7 Å². The maximum atomic E-state index is 13.7. The number of hydrogen-bond acceptors (Lipinski definition) is 7. The molecule has 39 heavy (non-hydrogen) atoms. The summed E-state index contributed by atoms with van der Waals surface area (Å²) in [6.07, 6.45) is 1.62. The Labute approximate surface area is 222 Å². The van der Waals surface area contributed by atoms with Gasteiger partial charge in [-0.2, -0.15) is 9.78 Å². The van der Waals surface area contributed by atoms with E-state index in [1.807, 2.05) is 60.0 Å². The SMILES string of the molecule is COC(=O)Cn1c(C)c(C=Nn2c(-c3cc4c(OC)cccc4o3)nc3ccccc3c2=O)c2ccccc21. The van der Waals surface area contributed by atoms with Crippen molar-refractivity contribution in [1.29, 1.82) is 0 Å². The van der Waals surface area contributed by atoms with E-state index in [4.69, 9.17) is 18.9 Å². The van der Waals surface area contributed by atoms with Gasteiger partial charge >= 0.3 is 5.97 Å². The van der Waals surface area contributed by atoms with Crippen LogP contribution in [0.4, 0.5) is 0 Å². The van der Waals surface area contributed by atoms with E-state index >= 15 is 0 Å². The summed E-state index contributed by atoms with van der Waals surface area (Å²) in [7, 11) is 2.95. The predicted molar refractivity (Wildman–Crippen MR) is 149 cm³/mol. The van der Waals surface area contributed by atoms with Crippen molar-refractivity contribution in [3.8, 4) is 17.3 Å². The summed E-state index contributed by atoms with van der Waals surface area (Å²) in [6.45, 7) is 1.96. The number of carbonyl (C=O) groups is 1. The Morgan fingerprint density at radius 1 is 1.00 bits per heavy atom. The number of rotatable bonds is 6. The molecule has 194 valence electrons. The molecule has 0 N–H and O–H groups in total. The van der Waals surface area contributed by atoms with Crippen LogP contribution in [0.2, 0.25) is 0 Å². The van der Waals surface area contributed by atoms with Crippen molar-refractivity contribution in [2.45, 2.75) is 13.5 Å². The molecule has 0 unspecified atom stereocenters. The molecule has 6 aromatic rings. The van der Waals surface area contributed by atoms with Crippen LogP contribution in [0.15, 0.2) is 87.1 Å². The number of methoxy groups -OCH3 is 2. The standard InChI is InChI=1S/C30H24N4O5/c1-18-22(19-9-5-7-12-24(19)33(18)17-28(35)38-3)16-31-34-29(32-23-11-6-4-10-20(23)30(34)36)27-15-21-25(37-2)13-8-14-26(21)39-27/h4-16H,17H2,1-3H3. The fourth-order valence-electron chi connectivity index (χ4n) is 4.85. The molecule has 9 nitrogen and oxygen atoms in total. The van der Waals surface area contributed by atoms with Crippen molar-refractivity contribution in [2.75, 3.05) is 14.2 Å². The first-order chi connectivity index (χ1) is 19.0. The highest BCUT2D eigenvalue weighted by Crippen LogP contribution is 2.33. The lowest BCUT2D eigenvalue weighted by Crippen LogP contribution is -2.20. The first kappa shape index (κ1) is 24.2. The lowest BCUT2D eigenvalue weighted by molar-refractivity contribution is -0.141. The number of carbonyl (C=O) groups excluding carboxylic acids is 1. The Bertz CT molecular complexity index is 1980. The molecule has 0 bridgehead atoms. The van der Waals surface area contributed by atoms with Gasteiger partial charge in [0.05, 0.1) is 36.7 Å². The zero-order valence-corrected chi connectivity index (χ0v) is 21.5. The first-order valence-corrected chi connectivity index (χ1v) is 12.3. The van der Waals surface area contributed by atoms with Gasteiger partial charge in [0.2, 0.25) is 5.82 Å². The molecule has 0 aliphatic rings. The highest BCUT2D eigenvalue weighted by molar-refractivity contribution is 6.01. The number of esters is 1. The monoisotopic (exact) mass is 520 g/mol. The van der Waals surface area contributed by atoms with Gasteiger partial charge in [0, 0.05) is 22.2 Å². The first-order valence-electron chi connectivity index (χ1n) is 12.3. The van der Waals surface area contributed by atoms with Crippen LogP contribution in [0.25, 0.3) is 44.4 Å². The minimum atomic E-state index is -0.361. The quantitative estimate of drug-likeness (QED) is 0.223. The van der Waals surface area contributed by atoms with Crippen molar-refractivity contribution in [3.63, 3.8) is 0 Å². The van der Waals surface area contributed by atoms with Gasteiger partial charge in [-0.05, 0) is 43.3 Å². The van der Waals surface area contributed by atoms with Gasteiger partial charge in [-0.15, -0.1) is 0 Å². The van der Waals surface area contributed by atoms with Crippen LogP contribution in [-0.2, 0) is 16.1 Å². The molecule has 3 heterocycles. The Morgan fingerprint density at radius 3 is 2.56 bits per heavy atom. The fourth-order valence-corrected chi connectivity index (χ4v) is 4.85. The molecular weight excluding hydrogens is 496 g/mol. The third kappa shape index (κ3) is 4.04. The minimum absolute atomic E-state index is 0.0558. The van der Waals surface area contributed by atoms with Gasteiger partial charge in [-0.25, -0.2) is 4.98 Å². The molecule has 0 saturated carbocycles. The molecule has 0 fully saturated rings. The van der Waals surface area contributed by atoms with Crippen LogP contribution in [0.5, 0.6) is 5.75 Å². The maximum Gasteiger partial charge on any atom is 0.325 e. The molecular formula is C30H24N4O5. The maximum absolute atomic E-state index is 13.7. The van der Waals surface area contributed by atoms with E-state index in [0.717, 1.165) is 27.5 Å². The summed E-state index contributed by atoms with van der Waals surface area (Å²) in [5, 5.41) is 6.71. The second-order valence-electron chi connectivity index (χ2n) is 8.98. The number of nitrogens with zero attached hydrogens (tertiary/aromatic N) is 4. The Hall–Kier alpha value is -5.18. The molecule has 0 aliphatic carbocycles. The highest BCUT2D eigenvalue weighted by Gasteiger charge is 2.19. The normalized spacial score (nSPS) is 11.7. The number of hydrogen-bond donors (Lipinski definition) is 0. The number of para-hydroxylation sites is 2. The molecule has 3 aromatic carbocycles. The number of ether oxygens (including phenoxy) is 2. The molecule has 6 rings (SSSR count). The van der Waals surface area contributed by atoms with E-state index in [1.165, 1.54) is 11.8 Å². The summed E-state index contributed by atoms with van der Waals surface area (Å²) in [5.41, 5.74) is 3.23. The van der Waals surface area contributed by atoms with Crippen molar-refractivity contribution in [2.24, 2.45) is 5.10 Å². The van der Waals surface area contributed by atoms with Crippen LogP contribution in [0, 0.1) is 6.92 Å². The second-order valence-corrected chi connectivity index (χ2v) is 8.98. The zero-order valence-electron chi connectivity index (χ0n) is 21.5. The Balaban J connectivity index is 1.57. The van der Waals surface area contributed by atoms with Crippen molar-refractivity contribution in [3.05, 3.63) is 94.4 Å². The predicted octanol–water partition coefficient (Wildman–Crippen LogP) is 5.14. The van der Waals surface area contributed by atoms with E-state index in [2.05, 4.69) is 5.10 Å². The number of fused-ring (bicyclic) bond motifs is 3. The van der Waals surface area contributed by atoms with Crippen LogP contribution >= 0.6 is 0 Å². The molecule has 0 saturated heterocycles. The number of furan rings is 1. The molecule has 3 aromatic heterocycles. The summed E-state index contributed by atoms with van der Waals surface area (Å²) < 4.78 is 19.6. The number of aromatic nitrogens is 3. The van der Waals surface area contributed by atoms with E-state index < -0.39 is 0 Å². The smallest absolute Gasteiger partial charge is 0.325 e. The minimum Gasteiger partial charge on any atom is -0.496 e. The summed E-state index contributed by atoms with van der Waals surface area (Å²) in [4.78, 5) is 30.6. The fraction of sp³-hybridized carbons (Fsp3) is 0.133. The molecule has 0 aliphatic heterocycles. The average molecular weight is 521 g/mol. The third-order valence-electron chi connectivity index (χ3n) is 6.81. The van der Waals surface area contributed by atoms with E-state index in [-0.39, 0.29) is 23.9 Å². The molecule has 9 heteroatoms. The van der Waals surface area contributed by atoms with E-state index in [1.54, 1.807) is 37.6 Å². The van der Waals surface area contributed by atoms with Gasteiger partial charge in [-0.3, -0.25) is 9.59 Å². The van der Waals surface area contributed by atoms with Crippen LogP contribution in [0.3, 0.4) is 0 Å². The van der Waals surface area contributed by atoms with Gasteiger partial charge in [0.15, 0.2) is 5.76 Å². The number of benzene rings is 3. The van der Waals surface area contributed by atoms with Crippen molar-refractivity contribution >= 4 is 45.0 Å². The molecule has 0 radical (unpaired) electrons. The Morgan fingerprint density at radius 2 is 1.77 bits per heavy atom. The topological polar surface area (TPSA) is 101 Å². The second kappa shape index (κ2) is 9.60. The van der Waals surface area contributed by atoms with Gasteiger partial charge < -0.3 is 18.5 Å². The van der Waals surface area contributed by atoms with Crippen molar-refractivity contribution in [1.82, 2.24) is 14.2 Å². The third-order valence-corrected chi connectivity index (χ3v) is 6.81. The zero-order chi connectivity index (χ0) is 27.1. The molecule has 0 spiro atoms. The summed E-state index contributed by atoms with van der Waals surface area (Å²) in [5.74, 6) is 0.915. The lowest BCUT2D eigenvalue weighted by Gasteiger charge is -2.08. The molecule has 0 amide bonds. The molecule has 0 atom stereocenters. The van der Waals surface area contributed by atoms with Gasteiger partial charge in [0.1, 0.15) is 17.9 Å². The summed E-state index contributed by atoms with van der Waals surface area (Å²) in [6, 6.07) is 22.1. The average Bonchev–Trinajstić information content (AvgIpc) is 3.51. The van der Waals surface area contributed by atoms with Gasteiger partial charge in [-0.1, -0.05) is 36.4 Å². The van der Waals surface area contributed by atoms with E-state index in [9.17, 15) is 9.59 Å². The Kier molecular flexibility index (Phi) is 5.95. The lowest BCUT2D eigenvalue weighted by atomic mass is 10.1. The largest absolute Gasteiger partial charge is 0.496 e. The summed E-state index contributed by atoms with van der Waals surface area (Å²) >= 11 is 0. The highest BCUT2D eigenvalue weighted by atomic mass is 16.5. The van der Waals surface area contributed by atoms with Crippen LogP contribution in [0.1, 0.15) is 11.3 Å². The van der Waals surface area contributed by atoms with Gasteiger partial charge in [0.25, 0.3) is 5.56 Å². The van der Waals surface area contributed by atoms with Crippen LogP contribution in [-0.4, -0.2) is 40.6 Å². The van der Waals surface area contributed by atoms with E-state index in [0.29, 0.717) is 28.0 Å². The van der Waals surface area contributed by atoms with Crippen LogP contribution < -0.4 is 10.3 Å².